The first-order valence-electron chi connectivity index (χ1n) is 4.94. The molecule has 0 N–H and O–H groups in total. The molecular weight excluding hydrogens is 256 g/mol. The van der Waals surface area contributed by atoms with Gasteiger partial charge in [-0.05, 0) is 30.4 Å². The lowest BCUT2D eigenvalue weighted by Crippen LogP contribution is -2.05. The number of methoxy groups -OCH3 is 1. The third kappa shape index (κ3) is 1.81. The summed E-state index contributed by atoms with van der Waals surface area (Å²) in [4.78, 5) is 10.9. The minimum atomic E-state index is 0.201. The van der Waals surface area contributed by atoms with Crippen LogP contribution in [0.15, 0.2) is 16.6 Å². The Hall–Kier alpha value is -0.830. The molecule has 15 heavy (non-hydrogen) atoms. The molecule has 0 unspecified atom stereocenters. The molecule has 1 aliphatic rings. The van der Waals surface area contributed by atoms with E-state index in [4.69, 9.17) is 4.74 Å². The zero-order chi connectivity index (χ0) is 11.1. The lowest BCUT2D eigenvalue weighted by molar-refractivity contribution is 0.112. The number of carbonyl (C=O) groups is 1. The standard InChI is InChI=1S/C12H13BrO2/c1-12(3-4-12)10-6-9(13)5-8(7-14)11(10)15-2/h5-7H,3-4H2,1-2H3. The Morgan fingerprint density at radius 2 is 2.13 bits per heavy atom. The summed E-state index contributed by atoms with van der Waals surface area (Å²) in [5.41, 5.74) is 1.96. The highest BCUT2D eigenvalue weighted by Crippen LogP contribution is 2.52. The van der Waals surface area contributed by atoms with Crippen LogP contribution in [0.25, 0.3) is 0 Å². The van der Waals surface area contributed by atoms with Gasteiger partial charge in [-0.15, -0.1) is 0 Å². The molecule has 3 heteroatoms. The molecule has 1 aromatic carbocycles. The van der Waals surface area contributed by atoms with Gasteiger partial charge < -0.3 is 4.74 Å². The third-order valence-corrected chi connectivity index (χ3v) is 3.52. The number of hydrogen-bond donors (Lipinski definition) is 0. The minimum Gasteiger partial charge on any atom is -0.496 e. The first-order valence-corrected chi connectivity index (χ1v) is 5.73. The molecule has 1 aromatic rings. The van der Waals surface area contributed by atoms with Gasteiger partial charge in [0.25, 0.3) is 0 Å². The van der Waals surface area contributed by atoms with Crippen LogP contribution < -0.4 is 4.74 Å². The van der Waals surface area contributed by atoms with E-state index in [9.17, 15) is 4.79 Å². The molecule has 0 bridgehead atoms. The zero-order valence-electron chi connectivity index (χ0n) is 8.84. The highest BCUT2D eigenvalue weighted by atomic mass is 79.9. The van der Waals surface area contributed by atoms with Crippen molar-refractivity contribution in [2.45, 2.75) is 25.2 Å². The molecule has 1 fully saturated rings. The Morgan fingerprint density at radius 3 is 2.60 bits per heavy atom. The molecule has 0 spiro atoms. The van der Waals surface area contributed by atoms with Crippen molar-refractivity contribution in [3.8, 4) is 5.75 Å². The highest BCUT2D eigenvalue weighted by molar-refractivity contribution is 9.10. The summed E-state index contributed by atoms with van der Waals surface area (Å²) in [6, 6.07) is 3.85. The molecule has 0 saturated heterocycles. The van der Waals surface area contributed by atoms with Crippen LogP contribution in [0.5, 0.6) is 5.75 Å². The normalized spacial score (nSPS) is 17.3. The van der Waals surface area contributed by atoms with Crippen LogP contribution in [0.3, 0.4) is 0 Å². The van der Waals surface area contributed by atoms with Crippen LogP contribution in [-0.4, -0.2) is 13.4 Å². The van der Waals surface area contributed by atoms with Crippen LogP contribution in [0.2, 0.25) is 0 Å². The van der Waals surface area contributed by atoms with Crippen molar-refractivity contribution >= 4 is 22.2 Å². The van der Waals surface area contributed by atoms with Crippen molar-refractivity contribution in [3.63, 3.8) is 0 Å². The van der Waals surface area contributed by atoms with E-state index in [0.29, 0.717) is 5.56 Å². The van der Waals surface area contributed by atoms with E-state index in [1.165, 1.54) is 0 Å². The van der Waals surface area contributed by atoms with Gasteiger partial charge in [-0.2, -0.15) is 0 Å². The van der Waals surface area contributed by atoms with E-state index in [0.717, 1.165) is 34.9 Å². The molecule has 0 heterocycles. The second-order valence-electron chi connectivity index (χ2n) is 4.25. The molecule has 80 valence electrons. The van der Waals surface area contributed by atoms with Crippen LogP contribution >= 0.6 is 15.9 Å². The Balaban J connectivity index is 2.61. The summed E-state index contributed by atoms with van der Waals surface area (Å²) in [6.45, 7) is 2.20. The van der Waals surface area contributed by atoms with Crippen molar-refractivity contribution in [2.24, 2.45) is 0 Å². The fourth-order valence-corrected chi connectivity index (χ4v) is 2.31. The van der Waals surface area contributed by atoms with E-state index in [1.54, 1.807) is 13.2 Å². The average molecular weight is 269 g/mol. The van der Waals surface area contributed by atoms with E-state index >= 15 is 0 Å². The molecule has 0 atom stereocenters. The second kappa shape index (κ2) is 3.63. The Labute approximate surface area is 97.8 Å². The Bertz CT molecular complexity index is 408. The number of benzene rings is 1. The Kier molecular flexibility index (Phi) is 2.59. The topological polar surface area (TPSA) is 26.3 Å². The average Bonchev–Trinajstić information content (AvgIpc) is 2.96. The molecule has 1 aliphatic carbocycles. The lowest BCUT2D eigenvalue weighted by atomic mass is 9.95. The number of ether oxygens (including phenoxy) is 1. The van der Waals surface area contributed by atoms with Gasteiger partial charge in [0.2, 0.25) is 0 Å². The van der Waals surface area contributed by atoms with Gasteiger partial charge >= 0.3 is 0 Å². The quantitative estimate of drug-likeness (QED) is 0.787. The van der Waals surface area contributed by atoms with E-state index in [1.807, 2.05) is 0 Å². The summed E-state index contributed by atoms with van der Waals surface area (Å²) in [5, 5.41) is 0. The van der Waals surface area contributed by atoms with Gasteiger partial charge in [-0.3, -0.25) is 4.79 Å². The van der Waals surface area contributed by atoms with Gasteiger partial charge in [-0.25, -0.2) is 0 Å². The van der Waals surface area contributed by atoms with Crippen molar-refractivity contribution in [3.05, 3.63) is 27.7 Å². The maximum absolute atomic E-state index is 10.9. The lowest BCUT2D eigenvalue weighted by Gasteiger charge is -2.16. The number of aldehydes is 1. The molecule has 0 aliphatic heterocycles. The summed E-state index contributed by atoms with van der Waals surface area (Å²) >= 11 is 3.42. The SMILES string of the molecule is COc1c(C=O)cc(Br)cc1C1(C)CC1. The molecular formula is C12H13BrO2. The van der Waals surface area contributed by atoms with Crippen LogP contribution in [0, 0.1) is 0 Å². The van der Waals surface area contributed by atoms with Gasteiger partial charge in [-0.1, -0.05) is 22.9 Å². The van der Waals surface area contributed by atoms with Crippen molar-refractivity contribution in [1.82, 2.24) is 0 Å². The molecule has 1 saturated carbocycles. The van der Waals surface area contributed by atoms with E-state index in [2.05, 4.69) is 28.9 Å². The van der Waals surface area contributed by atoms with Crippen LogP contribution in [0.1, 0.15) is 35.7 Å². The zero-order valence-corrected chi connectivity index (χ0v) is 10.4. The van der Waals surface area contributed by atoms with Gasteiger partial charge in [0.15, 0.2) is 6.29 Å². The maximum atomic E-state index is 10.9. The molecule has 0 radical (unpaired) electrons. The molecule has 0 amide bonds. The predicted octanol–water partition coefficient (Wildman–Crippen LogP) is 3.32. The van der Waals surface area contributed by atoms with Crippen molar-refractivity contribution in [2.75, 3.05) is 7.11 Å². The van der Waals surface area contributed by atoms with Gasteiger partial charge in [0.05, 0.1) is 12.7 Å². The number of halogens is 1. The molecule has 0 aromatic heterocycles. The number of hydrogen-bond acceptors (Lipinski definition) is 2. The summed E-state index contributed by atoms with van der Waals surface area (Å²) < 4.78 is 6.28. The van der Waals surface area contributed by atoms with Crippen LogP contribution in [-0.2, 0) is 5.41 Å². The van der Waals surface area contributed by atoms with E-state index in [-0.39, 0.29) is 5.41 Å². The highest BCUT2D eigenvalue weighted by Gasteiger charge is 2.41. The Morgan fingerprint density at radius 1 is 1.47 bits per heavy atom. The first kappa shape index (κ1) is 10.7. The summed E-state index contributed by atoms with van der Waals surface area (Å²) in [7, 11) is 1.62. The monoisotopic (exact) mass is 268 g/mol. The van der Waals surface area contributed by atoms with Crippen LogP contribution in [0.4, 0.5) is 0 Å². The fourth-order valence-electron chi connectivity index (χ4n) is 1.84. The number of carbonyl (C=O) groups excluding carboxylic acids is 1. The summed E-state index contributed by atoms with van der Waals surface area (Å²) in [6.07, 6.45) is 3.18. The third-order valence-electron chi connectivity index (χ3n) is 3.06. The first-order chi connectivity index (χ1) is 7.10. The number of rotatable bonds is 3. The second-order valence-corrected chi connectivity index (χ2v) is 5.17. The van der Waals surface area contributed by atoms with Crippen molar-refractivity contribution < 1.29 is 9.53 Å². The largest absolute Gasteiger partial charge is 0.496 e. The minimum absolute atomic E-state index is 0.201. The maximum Gasteiger partial charge on any atom is 0.153 e. The predicted molar refractivity (Wildman–Crippen MR) is 62.7 cm³/mol. The van der Waals surface area contributed by atoms with E-state index < -0.39 is 0 Å². The van der Waals surface area contributed by atoms with Gasteiger partial charge in [0.1, 0.15) is 5.75 Å². The molecule has 2 rings (SSSR count). The smallest absolute Gasteiger partial charge is 0.153 e. The molecule has 2 nitrogen and oxygen atoms in total. The van der Waals surface area contributed by atoms with Crippen molar-refractivity contribution in [1.29, 1.82) is 0 Å². The summed E-state index contributed by atoms with van der Waals surface area (Å²) in [5.74, 6) is 0.730. The fraction of sp³-hybridized carbons (Fsp3) is 0.417. The van der Waals surface area contributed by atoms with Gasteiger partial charge in [0, 0.05) is 10.0 Å².